The van der Waals surface area contributed by atoms with Crippen LogP contribution in [0.5, 0.6) is 5.75 Å². The number of rotatable bonds is 10. The SMILES string of the molecule is COc1ccccc1C(=O)NC1CCN(CCCNCc2ncccc2C#N)CC1OC.O. The zero-order valence-electron chi connectivity index (χ0n) is 19.2. The third-order valence-electron chi connectivity index (χ3n) is 5.75. The van der Waals surface area contributed by atoms with E-state index in [-0.39, 0.29) is 23.5 Å². The molecule has 0 aliphatic carbocycles. The molecule has 1 aliphatic rings. The number of nitrogens with one attached hydrogen (secondary N) is 2. The summed E-state index contributed by atoms with van der Waals surface area (Å²) < 4.78 is 11.0. The second-order valence-corrected chi connectivity index (χ2v) is 7.78. The summed E-state index contributed by atoms with van der Waals surface area (Å²) in [4.78, 5) is 19.4. The number of methoxy groups -OCH3 is 2. The van der Waals surface area contributed by atoms with Crippen molar-refractivity contribution in [3.05, 3.63) is 59.4 Å². The first-order valence-corrected chi connectivity index (χ1v) is 10.9. The maximum Gasteiger partial charge on any atom is 0.255 e. The van der Waals surface area contributed by atoms with E-state index in [2.05, 4.69) is 26.6 Å². The van der Waals surface area contributed by atoms with Gasteiger partial charge in [-0.1, -0.05) is 12.1 Å². The number of carbonyl (C=O) groups is 1. The lowest BCUT2D eigenvalue weighted by Gasteiger charge is -2.38. The number of para-hydroxylation sites is 1. The van der Waals surface area contributed by atoms with Gasteiger partial charge < -0.3 is 30.5 Å². The van der Waals surface area contributed by atoms with Gasteiger partial charge in [-0.15, -0.1) is 0 Å². The predicted octanol–water partition coefficient (Wildman–Crippen LogP) is 1.14. The van der Waals surface area contributed by atoms with E-state index in [1.165, 1.54) is 0 Å². The predicted molar refractivity (Wildman–Crippen MR) is 125 cm³/mol. The molecule has 33 heavy (non-hydrogen) atoms. The van der Waals surface area contributed by atoms with Crippen molar-refractivity contribution >= 4 is 5.91 Å². The van der Waals surface area contributed by atoms with E-state index < -0.39 is 0 Å². The number of hydrogen-bond donors (Lipinski definition) is 2. The number of pyridine rings is 1. The third-order valence-corrected chi connectivity index (χ3v) is 5.75. The van der Waals surface area contributed by atoms with Gasteiger partial charge in [0.05, 0.1) is 36.1 Å². The van der Waals surface area contributed by atoms with Crippen LogP contribution in [0.25, 0.3) is 0 Å². The Morgan fingerprint density at radius 3 is 2.85 bits per heavy atom. The van der Waals surface area contributed by atoms with Gasteiger partial charge >= 0.3 is 0 Å². The standard InChI is InChI=1S/C24H31N5O3.H2O/c1-31-22-9-4-3-8-19(22)24(30)28-20-10-14-29(17-23(20)32-2)13-6-11-26-16-21-18(15-25)7-5-12-27-21;/h3-5,7-9,12,20,23,26H,6,10-11,13-14,16-17H2,1-2H3,(H,28,30);1H2. The first-order valence-electron chi connectivity index (χ1n) is 10.9. The number of carbonyl (C=O) groups excluding carboxylic acids is 1. The minimum absolute atomic E-state index is 0. The number of piperidine rings is 1. The third kappa shape index (κ3) is 7.23. The summed E-state index contributed by atoms with van der Waals surface area (Å²) in [7, 11) is 3.26. The highest BCUT2D eigenvalue weighted by Crippen LogP contribution is 2.19. The van der Waals surface area contributed by atoms with E-state index in [0.29, 0.717) is 23.4 Å². The number of benzene rings is 1. The highest BCUT2D eigenvalue weighted by atomic mass is 16.5. The Bertz CT molecular complexity index is 933. The molecule has 0 saturated carbocycles. The lowest BCUT2D eigenvalue weighted by atomic mass is 10.0. The second-order valence-electron chi connectivity index (χ2n) is 7.78. The molecule has 2 atom stereocenters. The van der Waals surface area contributed by atoms with Crippen LogP contribution >= 0.6 is 0 Å². The Labute approximate surface area is 195 Å². The minimum atomic E-state index is -0.140. The summed E-state index contributed by atoms with van der Waals surface area (Å²) in [6, 6.07) is 12.9. The molecule has 1 aliphatic heterocycles. The number of nitrogens with zero attached hydrogens (tertiary/aromatic N) is 3. The molecular formula is C24H33N5O4. The van der Waals surface area contributed by atoms with Crippen LogP contribution < -0.4 is 15.4 Å². The van der Waals surface area contributed by atoms with Crippen molar-refractivity contribution in [2.75, 3.05) is 40.4 Å². The van der Waals surface area contributed by atoms with Crippen molar-refractivity contribution in [3.63, 3.8) is 0 Å². The average Bonchev–Trinajstić information content (AvgIpc) is 2.84. The molecule has 1 saturated heterocycles. The molecule has 1 fully saturated rings. The molecule has 1 aromatic carbocycles. The minimum Gasteiger partial charge on any atom is -0.496 e. The van der Waals surface area contributed by atoms with Gasteiger partial charge in [0, 0.05) is 32.9 Å². The summed E-state index contributed by atoms with van der Waals surface area (Å²) in [5.74, 6) is 0.426. The van der Waals surface area contributed by atoms with Crippen LogP contribution in [0.2, 0.25) is 0 Å². The van der Waals surface area contributed by atoms with Crippen LogP contribution in [0, 0.1) is 11.3 Å². The first kappa shape index (κ1) is 26.2. The lowest BCUT2D eigenvalue weighted by Crippen LogP contribution is -2.55. The van der Waals surface area contributed by atoms with Crippen LogP contribution in [0.15, 0.2) is 42.6 Å². The van der Waals surface area contributed by atoms with Crippen molar-refractivity contribution in [2.24, 2.45) is 0 Å². The van der Waals surface area contributed by atoms with E-state index in [0.717, 1.165) is 44.7 Å². The van der Waals surface area contributed by atoms with Crippen molar-refractivity contribution in [1.29, 1.82) is 5.26 Å². The summed E-state index contributed by atoms with van der Waals surface area (Å²) >= 11 is 0. The Hall–Kier alpha value is -3.03. The van der Waals surface area contributed by atoms with Crippen LogP contribution in [0.4, 0.5) is 0 Å². The fourth-order valence-corrected chi connectivity index (χ4v) is 3.98. The van der Waals surface area contributed by atoms with Crippen molar-refractivity contribution in [1.82, 2.24) is 20.5 Å². The Balaban J connectivity index is 0.00000385. The molecule has 1 amide bonds. The number of likely N-dealkylation sites (tertiary alicyclic amines) is 1. The van der Waals surface area contributed by atoms with Gasteiger partial charge in [0.15, 0.2) is 0 Å². The number of nitriles is 1. The number of hydrogen-bond acceptors (Lipinski definition) is 7. The molecule has 0 spiro atoms. The molecule has 2 heterocycles. The Morgan fingerprint density at radius 2 is 2.09 bits per heavy atom. The highest BCUT2D eigenvalue weighted by molar-refractivity contribution is 5.97. The highest BCUT2D eigenvalue weighted by Gasteiger charge is 2.30. The van der Waals surface area contributed by atoms with E-state index in [4.69, 9.17) is 14.7 Å². The molecule has 4 N–H and O–H groups in total. The van der Waals surface area contributed by atoms with E-state index in [1.54, 1.807) is 44.7 Å². The lowest BCUT2D eigenvalue weighted by molar-refractivity contribution is 0.00616. The zero-order valence-corrected chi connectivity index (χ0v) is 19.2. The Morgan fingerprint density at radius 1 is 1.27 bits per heavy atom. The molecule has 0 bridgehead atoms. The summed E-state index contributed by atoms with van der Waals surface area (Å²) in [5.41, 5.74) is 1.92. The maximum atomic E-state index is 12.7. The zero-order chi connectivity index (χ0) is 22.8. The van der Waals surface area contributed by atoms with Crippen LogP contribution in [-0.2, 0) is 11.3 Å². The molecule has 2 unspecified atom stereocenters. The Kier molecular flexibility index (Phi) is 10.7. The van der Waals surface area contributed by atoms with Crippen molar-refractivity contribution in [3.8, 4) is 11.8 Å². The van der Waals surface area contributed by atoms with Crippen LogP contribution in [0.1, 0.15) is 34.5 Å². The van der Waals surface area contributed by atoms with Gasteiger partial charge in [-0.2, -0.15) is 5.26 Å². The fourth-order valence-electron chi connectivity index (χ4n) is 3.98. The quantitative estimate of drug-likeness (QED) is 0.514. The van der Waals surface area contributed by atoms with Gasteiger partial charge in [-0.05, 0) is 50.2 Å². The molecule has 0 radical (unpaired) electrons. The van der Waals surface area contributed by atoms with Crippen LogP contribution in [-0.4, -0.2) is 73.8 Å². The summed E-state index contributed by atoms with van der Waals surface area (Å²) in [5, 5.41) is 15.6. The molecule has 1 aromatic heterocycles. The number of ether oxygens (including phenoxy) is 2. The molecular weight excluding hydrogens is 422 g/mol. The molecule has 9 nitrogen and oxygen atoms in total. The number of amides is 1. The monoisotopic (exact) mass is 455 g/mol. The van der Waals surface area contributed by atoms with Crippen molar-refractivity contribution < 1.29 is 19.7 Å². The normalized spacial score (nSPS) is 18.1. The van der Waals surface area contributed by atoms with Gasteiger partial charge in [-0.25, -0.2) is 0 Å². The summed E-state index contributed by atoms with van der Waals surface area (Å²) in [6.45, 7) is 4.03. The van der Waals surface area contributed by atoms with Crippen LogP contribution in [0.3, 0.4) is 0 Å². The van der Waals surface area contributed by atoms with Gasteiger partial charge in [-0.3, -0.25) is 9.78 Å². The average molecular weight is 456 g/mol. The van der Waals surface area contributed by atoms with Crippen molar-refractivity contribution in [2.45, 2.75) is 31.5 Å². The van der Waals surface area contributed by atoms with E-state index in [1.807, 2.05) is 12.1 Å². The first-order chi connectivity index (χ1) is 15.7. The smallest absolute Gasteiger partial charge is 0.255 e. The molecule has 178 valence electrons. The molecule has 2 aromatic rings. The maximum absolute atomic E-state index is 12.7. The topological polar surface area (TPSA) is 131 Å². The van der Waals surface area contributed by atoms with Gasteiger partial charge in [0.1, 0.15) is 11.8 Å². The molecule has 9 heteroatoms. The number of aromatic nitrogens is 1. The molecule has 3 rings (SSSR count). The van der Waals surface area contributed by atoms with Gasteiger partial charge in [0.2, 0.25) is 0 Å². The largest absolute Gasteiger partial charge is 0.496 e. The van der Waals surface area contributed by atoms with E-state index in [9.17, 15) is 4.79 Å². The van der Waals surface area contributed by atoms with Gasteiger partial charge in [0.25, 0.3) is 5.91 Å². The summed E-state index contributed by atoms with van der Waals surface area (Å²) in [6.07, 6.45) is 3.44. The second kappa shape index (κ2) is 13.5. The fraction of sp³-hybridized carbons (Fsp3) is 0.458. The van der Waals surface area contributed by atoms with E-state index >= 15 is 0 Å².